The molecule has 0 saturated heterocycles. The molecule has 0 amide bonds. The molecule has 0 spiro atoms. The third kappa shape index (κ3) is 1.67. The van der Waals surface area contributed by atoms with Gasteiger partial charge in [0.05, 0.1) is 12.8 Å². The van der Waals surface area contributed by atoms with E-state index in [0.717, 1.165) is 6.29 Å². The molecule has 6 heteroatoms. The molecule has 0 aliphatic carbocycles. The Morgan fingerprint density at radius 3 is 3.00 bits per heavy atom. The summed E-state index contributed by atoms with van der Waals surface area (Å²) in [6.45, 7) is 0. The van der Waals surface area contributed by atoms with Crippen LogP contribution < -0.4 is 10.5 Å². The summed E-state index contributed by atoms with van der Waals surface area (Å²) in [5, 5.41) is 6.70. The molecule has 6 nitrogen and oxygen atoms in total. The van der Waals surface area contributed by atoms with Gasteiger partial charge in [-0.1, -0.05) is 12.1 Å². The van der Waals surface area contributed by atoms with Gasteiger partial charge in [-0.05, 0) is 12.1 Å². The van der Waals surface area contributed by atoms with Crippen molar-refractivity contribution < 1.29 is 9.63 Å². The van der Waals surface area contributed by atoms with Crippen LogP contribution in [0.4, 0.5) is 5.69 Å². The van der Waals surface area contributed by atoms with E-state index in [1.165, 1.54) is 18.7 Å². The quantitative estimate of drug-likeness (QED) is 0.732. The highest BCUT2D eigenvalue weighted by Gasteiger charge is 2.20. The van der Waals surface area contributed by atoms with Gasteiger partial charge in [0.1, 0.15) is 6.34 Å². The summed E-state index contributed by atoms with van der Waals surface area (Å²) >= 11 is 0. The Bertz CT molecular complexity index is 393. The van der Waals surface area contributed by atoms with Gasteiger partial charge in [-0.25, -0.2) is 5.01 Å². The van der Waals surface area contributed by atoms with Gasteiger partial charge in [-0.2, -0.15) is 5.53 Å². The molecule has 78 valence electrons. The first-order chi connectivity index (χ1) is 7.36. The SMILES string of the molecule is CON1NN=CN1c1ccccc1C=O. The van der Waals surface area contributed by atoms with Crippen LogP contribution in [0.1, 0.15) is 10.4 Å². The van der Waals surface area contributed by atoms with E-state index in [2.05, 4.69) is 10.6 Å². The Hall–Kier alpha value is -1.92. The van der Waals surface area contributed by atoms with Crippen molar-refractivity contribution in [1.29, 1.82) is 0 Å². The zero-order valence-corrected chi connectivity index (χ0v) is 8.12. The fraction of sp³-hybridized carbons (Fsp3) is 0.111. The molecule has 1 aliphatic rings. The third-order valence-electron chi connectivity index (χ3n) is 1.99. The van der Waals surface area contributed by atoms with Crippen LogP contribution in [0.2, 0.25) is 0 Å². The molecule has 1 heterocycles. The summed E-state index contributed by atoms with van der Waals surface area (Å²) in [5.74, 6) is 0. The normalized spacial score (nSPS) is 15.4. The average Bonchev–Trinajstić information content (AvgIpc) is 2.76. The number of hydrazine groups is 2. The Labute approximate surface area is 86.6 Å². The molecule has 2 rings (SSSR count). The number of carbonyl (C=O) groups is 1. The van der Waals surface area contributed by atoms with Crippen LogP contribution >= 0.6 is 0 Å². The summed E-state index contributed by atoms with van der Waals surface area (Å²) in [4.78, 5) is 15.8. The van der Waals surface area contributed by atoms with Crippen molar-refractivity contribution in [3.63, 3.8) is 0 Å². The molecule has 1 aromatic rings. The zero-order valence-electron chi connectivity index (χ0n) is 8.12. The predicted molar refractivity (Wildman–Crippen MR) is 54.8 cm³/mol. The summed E-state index contributed by atoms with van der Waals surface area (Å²) in [5.41, 5.74) is 3.86. The first-order valence-corrected chi connectivity index (χ1v) is 4.33. The van der Waals surface area contributed by atoms with Gasteiger partial charge in [0.25, 0.3) is 0 Å². The molecule has 0 radical (unpaired) electrons. The fourth-order valence-corrected chi connectivity index (χ4v) is 1.31. The van der Waals surface area contributed by atoms with E-state index < -0.39 is 0 Å². The molecule has 0 saturated carbocycles. The van der Waals surface area contributed by atoms with E-state index in [0.29, 0.717) is 11.3 Å². The maximum absolute atomic E-state index is 10.8. The number of nitrogens with zero attached hydrogens (tertiary/aromatic N) is 3. The van der Waals surface area contributed by atoms with Gasteiger partial charge in [0.15, 0.2) is 6.29 Å². The second kappa shape index (κ2) is 4.07. The van der Waals surface area contributed by atoms with Crippen LogP contribution in [-0.2, 0) is 4.84 Å². The molecule has 0 atom stereocenters. The Balaban J connectivity index is 2.35. The van der Waals surface area contributed by atoms with Crippen molar-refractivity contribution >= 4 is 18.3 Å². The number of anilines is 1. The van der Waals surface area contributed by atoms with Gasteiger partial charge >= 0.3 is 0 Å². The lowest BCUT2D eigenvalue weighted by molar-refractivity contribution is -0.160. The number of hydrogen-bond donors (Lipinski definition) is 1. The van der Waals surface area contributed by atoms with Gasteiger partial charge in [-0.15, -0.1) is 5.10 Å². The molecule has 1 N–H and O–H groups in total. The lowest BCUT2D eigenvalue weighted by Crippen LogP contribution is -2.42. The molecular formula is C9H10N4O2. The van der Waals surface area contributed by atoms with Crippen LogP contribution in [0.5, 0.6) is 0 Å². The van der Waals surface area contributed by atoms with E-state index in [1.54, 1.807) is 23.2 Å². The number of aldehydes is 1. The van der Waals surface area contributed by atoms with Crippen LogP contribution in [0.3, 0.4) is 0 Å². The molecule has 15 heavy (non-hydrogen) atoms. The molecule has 0 fully saturated rings. The van der Waals surface area contributed by atoms with Crippen molar-refractivity contribution in [3.8, 4) is 0 Å². The second-order valence-electron chi connectivity index (χ2n) is 2.82. The minimum Gasteiger partial charge on any atom is -0.298 e. The Kier molecular flexibility index (Phi) is 2.61. The van der Waals surface area contributed by atoms with E-state index >= 15 is 0 Å². The van der Waals surface area contributed by atoms with Crippen LogP contribution in [-0.4, -0.2) is 25.0 Å². The van der Waals surface area contributed by atoms with Crippen molar-refractivity contribution in [2.24, 2.45) is 5.10 Å². The molecule has 1 aliphatic heterocycles. The fourth-order valence-electron chi connectivity index (χ4n) is 1.31. The first kappa shape index (κ1) is 9.63. The van der Waals surface area contributed by atoms with Gasteiger partial charge in [-0.3, -0.25) is 9.63 Å². The first-order valence-electron chi connectivity index (χ1n) is 4.33. The highest BCUT2D eigenvalue weighted by atomic mass is 16.7. The second-order valence-corrected chi connectivity index (χ2v) is 2.82. The van der Waals surface area contributed by atoms with Crippen molar-refractivity contribution in [1.82, 2.24) is 10.8 Å². The third-order valence-corrected chi connectivity index (χ3v) is 1.99. The Morgan fingerprint density at radius 2 is 2.27 bits per heavy atom. The number of hydrogen-bond acceptors (Lipinski definition) is 6. The van der Waals surface area contributed by atoms with Gasteiger partial charge in [0.2, 0.25) is 0 Å². The summed E-state index contributed by atoms with van der Waals surface area (Å²) < 4.78 is 0. The van der Waals surface area contributed by atoms with Crippen LogP contribution in [0, 0.1) is 0 Å². The number of para-hydroxylation sites is 1. The lowest BCUT2D eigenvalue weighted by Gasteiger charge is -2.24. The predicted octanol–water partition coefficient (Wildman–Crippen LogP) is 0.545. The summed E-state index contributed by atoms with van der Waals surface area (Å²) in [7, 11) is 1.50. The number of benzene rings is 1. The summed E-state index contributed by atoms with van der Waals surface area (Å²) in [6, 6.07) is 7.16. The minimum atomic E-state index is 0.565. The maximum atomic E-state index is 10.8. The molecule has 1 aromatic carbocycles. The average molecular weight is 206 g/mol. The number of hydrazone groups is 1. The van der Waals surface area contributed by atoms with Gasteiger partial charge in [0, 0.05) is 10.8 Å². The van der Waals surface area contributed by atoms with Crippen LogP contribution in [0.15, 0.2) is 29.4 Å². The zero-order chi connectivity index (χ0) is 10.7. The monoisotopic (exact) mass is 206 g/mol. The Morgan fingerprint density at radius 1 is 1.47 bits per heavy atom. The number of rotatable bonds is 3. The summed E-state index contributed by atoms with van der Waals surface area (Å²) in [6.07, 6.45) is 2.31. The molecule has 0 unspecified atom stereocenters. The smallest absolute Gasteiger partial charge is 0.152 e. The maximum Gasteiger partial charge on any atom is 0.152 e. The topological polar surface area (TPSA) is 57.2 Å². The van der Waals surface area contributed by atoms with E-state index in [-0.39, 0.29) is 0 Å². The van der Waals surface area contributed by atoms with E-state index in [1.807, 2.05) is 6.07 Å². The minimum absolute atomic E-state index is 0.565. The van der Waals surface area contributed by atoms with Gasteiger partial charge < -0.3 is 0 Å². The number of nitrogens with one attached hydrogen (secondary N) is 1. The van der Waals surface area contributed by atoms with E-state index in [9.17, 15) is 4.79 Å². The van der Waals surface area contributed by atoms with E-state index in [4.69, 9.17) is 4.84 Å². The molecule has 0 aromatic heterocycles. The molecule has 0 bridgehead atoms. The highest BCUT2D eigenvalue weighted by Crippen LogP contribution is 2.20. The standard InChI is InChI=1S/C9H10N4O2/c1-15-13-11-10-7-12(13)9-5-3-2-4-8(9)6-14/h2-7,11H,1H3. The lowest BCUT2D eigenvalue weighted by atomic mass is 10.2. The molecular weight excluding hydrogens is 196 g/mol. The largest absolute Gasteiger partial charge is 0.298 e. The van der Waals surface area contributed by atoms with Crippen molar-refractivity contribution in [2.45, 2.75) is 0 Å². The van der Waals surface area contributed by atoms with Crippen molar-refractivity contribution in [2.75, 3.05) is 12.1 Å². The van der Waals surface area contributed by atoms with Crippen LogP contribution in [0.25, 0.3) is 0 Å². The number of carbonyl (C=O) groups excluding carboxylic acids is 1. The highest BCUT2D eigenvalue weighted by molar-refractivity contribution is 5.90. The van der Waals surface area contributed by atoms with Crippen molar-refractivity contribution in [3.05, 3.63) is 29.8 Å².